The van der Waals surface area contributed by atoms with Gasteiger partial charge in [-0.3, -0.25) is 9.69 Å². The molecule has 0 N–H and O–H groups in total. The molecule has 21 heavy (non-hydrogen) atoms. The largest absolute Gasteiger partial charge is 0.466 e. The van der Waals surface area contributed by atoms with Gasteiger partial charge in [0.15, 0.2) is 0 Å². The second kappa shape index (κ2) is 7.43. The molecule has 1 saturated heterocycles. The number of hydrogen-bond acceptors (Lipinski definition) is 4. The molecular formula is C15H20Cl2N2O2. The fourth-order valence-electron chi connectivity index (χ4n) is 2.57. The average molecular weight is 331 g/mol. The summed E-state index contributed by atoms with van der Waals surface area (Å²) in [5.74, 6) is -0.0616. The monoisotopic (exact) mass is 330 g/mol. The first-order valence-electron chi connectivity index (χ1n) is 7.21. The Balaban J connectivity index is 1.94. The van der Waals surface area contributed by atoms with Gasteiger partial charge in [-0.25, -0.2) is 4.98 Å². The molecule has 0 saturated carbocycles. The summed E-state index contributed by atoms with van der Waals surface area (Å²) in [5, 5.41) is 1.12. The number of aromatic nitrogens is 1. The number of carbonyl (C=O) groups excluding carboxylic acids is 1. The Morgan fingerprint density at radius 2 is 2.10 bits per heavy atom. The summed E-state index contributed by atoms with van der Waals surface area (Å²) >= 11 is 12.4. The molecule has 0 aromatic carbocycles. The Hall–Kier alpha value is -0.840. The first-order valence-corrected chi connectivity index (χ1v) is 7.97. The van der Waals surface area contributed by atoms with Crippen LogP contribution < -0.4 is 0 Å². The summed E-state index contributed by atoms with van der Waals surface area (Å²) in [6.07, 6.45) is 1.63. The van der Waals surface area contributed by atoms with Gasteiger partial charge in [0.2, 0.25) is 0 Å². The molecular weight excluding hydrogens is 311 g/mol. The maximum Gasteiger partial charge on any atom is 0.309 e. The molecule has 6 heteroatoms. The summed E-state index contributed by atoms with van der Waals surface area (Å²) in [4.78, 5) is 18.2. The van der Waals surface area contributed by atoms with Gasteiger partial charge in [0.1, 0.15) is 5.15 Å². The van der Waals surface area contributed by atoms with E-state index in [-0.39, 0.29) is 11.9 Å². The zero-order chi connectivity index (χ0) is 15.4. The molecule has 0 unspecified atom stereocenters. The molecule has 0 radical (unpaired) electrons. The van der Waals surface area contributed by atoms with Crippen LogP contribution in [0, 0.1) is 12.8 Å². The van der Waals surface area contributed by atoms with E-state index in [9.17, 15) is 4.79 Å². The predicted octanol–water partition coefficient (Wildman–Crippen LogP) is 3.47. The minimum absolute atomic E-state index is 0.0169. The number of aryl methyl sites for hydroxylation is 1. The lowest BCUT2D eigenvalue weighted by molar-refractivity contribution is -0.149. The van der Waals surface area contributed by atoms with E-state index in [1.54, 1.807) is 0 Å². The normalized spacial score (nSPS) is 17.0. The zero-order valence-electron chi connectivity index (χ0n) is 12.4. The minimum atomic E-state index is -0.0785. The molecule has 0 bridgehead atoms. The third-order valence-corrected chi connectivity index (χ3v) is 4.39. The SMILES string of the molecule is CCOC(=O)C1CCN(Cc2c(Cl)cc(C)nc2Cl)CC1. The van der Waals surface area contributed by atoms with Crippen LogP contribution in [0.15, 0.2) is 6.07 Å². The van der Waals surface area contributed by atoms with E-state index in [2.05, 4.69) is 9.88 Å². The van der Waals surface area contributed by atoms with Crippen molar-refractivity contribution in [3.05, 3.63) is 27.5 Å². The van der Waals surface area contributed by atoms with Gasteiger partial charge in [0, 0.05) is 22.8 Å². The van der Waals surface area contributed by atoms with E-state index in [4.69, 9.17) is 27.9 Å². The molecule has 2 heterocycles. The van der Waals surface area contributed by atoms with Crippen LogP contribution in [0.2, 0.25) is 10.2 Å². The lowest BCUT2D eigenvalue weighted by Gasteiger charge is -2.31. The molecule has 1 aliphatic rings. The van der Waals surface area contributed by atoms with Crippen LogP contribution in [0.5, 0.6) is 0 Å². The summed E-state index contributed by atoms with van der Waals surface area (Å²) in [6.45, 7) is 6.49. The Bertz CT molecular complexity index is 491. The third-order valence-electron chi connectivity index (χ3n) is 3.74. The molecule has 1 aliphatic heterocycles. The molecule has 0 amide bonds. The first-order chi connectivity index (χ1) is 10.0. The van der Waals surface area contributed by atoms with E-state index in [1.807, 2.05) is 19.9 Å². The lowest BCUT2D eigenvalue weighted by Crippen LogP contribution is -2.36. The lowest BCUT2D eigenvalue weighted by atomic mass is 9.97. The van der Waals surface area contributed by atoms with Crippen LogP contribution in [0.4, 0.5) is 0 Å². The molecule has 0 atom stereocenters. The second-order valence-corrected chi connectivity index (χ2v) is 6.08. The highest BCUT2D eigenvalue weighted by atomic mass is 35.5. The number of esters is 1. The molecule has 0 aliphatic carbocycles. The summed E-state index contributed by atoms with van der Waals surface area (Å²) in [7, 11) is 0. The van der Waals surface area contributed by atoms with Crippen molar-refractivity contribution >= 4 is 29.2 Å². The number of likely N-dealkylation sites (tertiary alicyclic amines) is 1. The smallest absolute Gasteiger partial charge is 0.309 e. The van der Waals surface area contributed by atoms with E-state index in [1.165, 1.54) is 0 Å². The van der Waals surface area contributed by atoms with Crippen molar-refractivity contribution in [2.45, 2.75) is 33.2 Å². The Labute approximate surface area is 135 Å². The van der Waals surface area contributed by atoms with Crippen LogP contribution in [-0.2, 0) is 16.1 Å². The van der Waals surface area contributed by atoms with Gasteiger partial charge < -0.3 is 4.74 Å². The van der Waals surface area contributed by atoms with Crippen LogP contribution >= 0.6 is 23.2 Å². The highest BCUT2D eigenvalue weighted by Crippen LogP contribution is 2.27. The van der Waals surface area contributed by atoms with Crippen molar-refractivity contribution < 1.29 is 9.53 Å². The topological polar surface area (TPSA) is 42.4 Å². The minimum Gasteiger partial charge on any atom is -0.466 e. The van der Waals surface area contributed by atoms with E-state index in [0.29, 0.717) is 23.3 Å². The quantitative estimate of drug-likeness (QED) is 0.626. The summed E-state index contributed by atoms with van der Waals surface area (Å²) < 4.78 is 5.08. The molecule has 1 aromatic heterocycles. The van der Waals surface area contributed by atoms with E-state index in [0.717, 1.165) is 37.2 Å². The fourth-order valence-corrected chi connectivity index (χ4v) is 3.23. The van der Waals surface area contributed by atoms with Crippen LogP contribution in [0.25, 0.3) is 0 Å². The van der Waals surface area contributed by atoms with E-state index < -0.39 is 0 Å². The Morgan fingerprint density at radius 1 is 1.43 bits per heavy atom. The number of rotatable bonds is 4. The molecule has 2 rings (SSSR count). The predicted molar refractivity (Wildman–Crippen MR) is 83.6 cm³/mol. The fraction of sp³-hybridized carbons (Fsp3) is 0.600. The van der Waals surface area contributed by atoms with Gasteiger partial charge in [-0.05, 0) is 45.8 Å². The molecule has 0 spiro atoms. The van der Waals surface area contributed by atoms with Crippen molar-refractivity contribution in [1.29, 1.82) is 0 Å². The van der Waals surface area contributed by atoms with Gasteiger partial charge in [-0.2, -0.15) is 0 Å². The number of halogens is 2. The molecule has 116 valence electrons. The first kappa shape index (κ1) is 16.5. The second-order valence-electron chi connectivity index (χ2n) is 5.32. The van der Waals surface area contributed by atoms with Crippen LogP contribution in [-0.4, -0.2) is 35.5 Å². The van der Waals surface area contributed by atoms with Gasteiger partial charge in [-0.15, -0.1) is 0 Å². The average Bonchev–Trinajstić information content (AvgIpc) is 2.43. The van der Waals surface area contributed by atoms with Crippen molar-refractivity contribution in [3.63, 3.8) is 0 Å². The van der Waals surface area contributed by atoms with E-state index >= 15 is 0 Å². The highest BCUT2D eigenvalue weighted by Gasteiger charge is 2.26. The maximum atomic E-state index is 11.7. The van der Waals surface area contributed by atoms with Gasteiger partial charge >= 0.3 is 5.97 Å². The number of piperidine rings is 1. The number of hydrogen-bond donors (Lipinski definition) is 0. The van der Waals surface area contributed by atoms with Crippen molar-refractivity contribution in [3.8, 4) is 0 Å². The Kier molecular flexibility index (Phi) is 5.85. The maximum absolute atomic E-state index is 11.7. The van der Waals surface area contributed by atoms with Crippen molar-refractivity contribution in [2.75, 3.05) is 19.7 Å². The number of carbonyl (C=O) groups is 1. The highest BCUT2D eigenvalue weighted by molar-refractivity contribution is 6.35. The van der Waals surface area contributed by atoms with Crippen molar-refractivity contribution in [2.24, 2.45) is 5.92 Å². The van der Waals surface area contributed by atoms with Crippen molar-refractivity contribution in [1.82, 2.24) is 9.88 Å². The Morgan fingerprint density at radius 3 is 2.67 bits per heavy atom. The number of nitrogens with zero attached hydrogens (tertiary/aromatic N) is 2. The molecule has 1 fully saturated rings. The standard InChI is InChI=1S/C15H20Cl2N2O2/c1-3-21-15(20)11-4-6-19(7-5-11)9-12-13(16)8-10(2)18-14(12)17/h8,11H,3-7,9H2,1-2H3. The number of ether oxygens (including phenoxy) is 1. The number of pyridine rings is 1. The third kappa shape index (κ3) is 4.31. The molecule has 1 aromatic rings. The van der Waals surface area contributed by atoms with Gasteiger partial charge in [0.25, 0.3) is 0 Å². The van der Waals surface area contributed by atoms with Crippen LogP contribution in [0.3, 0.4) is 0 Å². The summed E-state index contributed by atoms with van der Waals surface area (Å²) in [5.41, 5.74) is 1.67. The van der Waals surface area contributed by atoms with Crippen LogP contribution in [0.1, 0.15) is 31.0 Å². The van der Waals surface area contributed by atoms with Gasteiger partial charge in [0.05, 0.1) is 12.5 Å². The van der Waals surface area contributed by atoms with Gasteiger partial charge in [-0.1, -0.05) is 23.2 Å². The summed E-state index contributed by atoms with van der Waals surface area (Å²) in [6, 6.07) is 1.83. The molecule has 4 nitrogen and oxygen atoms in total. The zero-order valence-corrected chi connectivity index (χ0v) is 13.9.